The van der Waals surface area contributed by atoms with Crippen LogP contribution in [0, 0.1) is 0 Å². The summed E-state index contributed by atoms with van der Waals surface area (Å²) in [5, 5.41) is -0.0420. The summed E-state index contributed by atoms with van der Waals surface area (Å²) in [5.74, 6) is 0.551. The number of halogens is 4. The minimum atomic E-state index is -4.60. The molecule has 0 aromatic heterocycles. The first-order chi connectivity index (χ1) is 11.7. The average Bonchev–Trinajstić information content (AvgIpc) is 3.05. The molecule has 0 saturated carbocycles. The van der Waals surface area contributed by atoms with Crippen molar-refractivity contribution < 1.29 is 21.6 Å². The number of rotatable bonds is 3. The third-order valence-corrected chi connectivity index (χ3v) is 7.24. The van der Waals surface area contributed by atoms with Gasteiger partial charge in [0.1, 0.15) is 0 Å². The van der Waals surface area contributed by atoms with Crippen molar-refractivity contribution in [3.8, 4) is 0 Å². The number of nitrogens with zero attached hydrogens (tertiary/aromatic N) is 1. The van der Waals surface area contributed by atoms with Gasteiger partial charge < -0.3 is 0 Å². The topological polar surface area (TPSA) is 37.4 Å². The van der Waals surface area contributed by atoms with Crippen LogP contribution in [-0.2, 0) is 16.2 Å². The molecule has 9 heteroatoms. The van der Waals surface area contributed by atoms with Crippen LogP contribution in [0.5, 0.6) is 0 Å². The van der Waals surface area contributed by atoms with Gasteiger partial charge in [-0.3, -0.25) is 0 Å². The molecule has 1 atom stereocenters. The van der Waals surface area contributed by atoms with Crippen molar-refractivity contribution in [2.75, 3.05) is 12.3 Å². The lowest BCUT2D eigenvalue weighted by atomic mass is 10.2. The Bertz CT molecular complexity index is 887. The fraction of sp³-hybridized carbons (Fsp3) is 0.250. The Morgan fingerprint density at radius 3 is 2.52 bits per heavy atom. The van der Waals surface area contributed by atoms with Crippen LogP contribution in [0.2, 0.25) is 5.02 Å². The summed E-state index contributed by atoms with van der Waals surface area (Å²) in [7, 11) is -4.06. The number of sulfonamides is 1. The predicted molar refractivity (Wildman–Crippen MR) is 92.0 cm³/mol. The highest BCUT2D eigenvalue weighted by Crippen LogP contribution is 2.42. The molecule has 1 heterocycles. The van der Waals surface area contributed by atoms with E-state index in [1.54, 1.807) is 24.3 Å². The van der Waals surface area contributed by atoms with Gasteiger partial charge in [-0.25, -0.2) is 8.42 Å². The van der Waals surface area contributed by atoms with Gasteiger partial charge in [0.2, 0.25) is 10.0 Å². The molecule has 2 aromatic rings. The molecule has 134 valence electrons. The van der Waals surface area contributed by atoms with Crippen LogP contribution in [-0.4, -0.2) is 25.0 Å². The lowest BCUT2D eigenvalue weighted by Crippen LogP contribution is -2.30. The number of hydrogen-bond donors (Lipinski definition) is 0. The van der Waals surface area contributed by atoms with Crippen molar-refractivity contribution in [1.82, 2.24) is 4.31 Å². The monoisotopic (exact) mass is 407 g/mol. The number of benzene rings is 2. The fourth-order valence-corrected chi connectivity index (χ4v) is 6.07. The van der Waals surface area contributed by atoms with Gasteiger partial charge in [-0.15, -0.1) is 11.8 Å². The summed E-state index contributed by atoms with van der Waals surface area (Å²) in [6, 6.07) is 10.6. The maximum Gasteiger partial charge on any atom is 0.416 e. The van der Waals surface area contributed by atoms with E-state index in [-0.39, 0.29) is 11.4 Å². The molecular formula is C16H13ClF3NO2S2. The maximum absolute atomic E-state index is 12.9. The predicted octanol–water partition coefficient (Wildman–Crippen LogP) is 4.80. The first-order valence-electron chi connectivity index (χ1n) is 7.26. The third kappa shape index (κ3) is 3.81. The molecule has 3 rings (SSSR count). The van der Waals surface area contributed by atoms with Gasteiger partial charge in [0.05, 0.1) is 15.8 Å². The fourth-order valence-electron chi connectivity index (χ4n) is 2.59. The summed E-state index contributed by atoms with van der Waals surface area (Å²) in [4.78, 5) is -0.364. The minimum Gasteiger partial charge on any atom is -0.207 e. The van der Waals surface area contributed by atoms with Gasteiger partial charge in [0, 0.05) is 17.3 Å². The Morgan fingerprint density at radius 1 is 1.12 bits per heavy atom. The highest BCUT2D eigenvalue weighted by molar-refractivity contribution is 8.01. The van der Waals surface area contributed by atoms with Crippen LogP contribution >= 0.6 is 23.4 Å². The highest BCUT2D eigenvalue weighted by atomic mass is 35.5. The van der Waals surface area contributed by atoms with Gasteiger partial charge in [0.15, 0.2) is 0 Å². The number of hydrogen-bond acceptors (Lipinski definition) is 3. The lowest BCUT2D eigenvalue weighted by Gasteiger charge is -2.24. The van der Waals surface area contributed by atoms with Crippen LogP contribution in [0.1, 0.15) is 16.5 Å². The summed E-state index contributed by atoms with van der Waals surface area (Å²) >= 11 is 7.38. The van der Waals surface area contributed by atoms with Gasteiger partial charge in [-0.1, -0.05) is 29.8 Å². The molecule has 2 aromatic carbocycles. The van der Waals surface area contributed by atoms with E-state index in [4.69, 9.17) is 11.6 Å². The molecule has 0 spiro atoms. The second-order valence-corrected chi connectivity index (χ2v) is 8.93. The molecule has 1 saturated heterocycles. The Labute approximate surface area is 152 Å². The van der Waals surface area contributed by atoms with Gasteiger partial charge in [0.25, 0.3) is 0 Å². The Kier molecular flexibility index (Phi) is 5.07. The SMILES string of the molecule is O=S(=O)(c1cccc(C(F)(F)F)c1)N1CCS[C@H]1c1cccc(Cl)c1. The van der Waals surface area contributed by atoms with E-state index in [1.165, 1.54) is 22.1 Å². The summed E-state index contributed by atoms with van der Waals surface area (Å²) in [6.45, 7) is 0.223. The van der Waals surface area contributed by atoms with E-state index in [0.717, 1.165) is 12.1 Å². The second kappa shape index (κ2) is 6.83. The summed E-state index contributed by atoms with van der Waals surface area (Å²) < 4.78 is 65.7. The molecule has 1 aliphatic heterocycles. The number of alkyl halides is 3. The van der Waals surface area contributed by atoms with E-state index in [1.807, 2.05) is 0 Å². The van der Waals surface area contributed by atoms with Crippen LogP contribution in [0.3, 0.4) is 0 Å². The van der Waals surface area contributed by atoms with Gasteiger partial charge in [-0.05, 0) is 35.9 Å². The van der Waals surface area contributed by atoms with Crippen LogP contribution in [0.25, 0.3) is 0 Å². The first kappa shape index (κ1) is 18.6. The first-order valence-corrected chi connectivity index (χ1v) is 10.1. The molecule has 0 bridgehead atoms. The molecular weight excluding hydrogens is 395 g/mol. The van der Waals surface area contributed by atoms with Crippen LogP contribution in [0.15, 0.2) is 53.4 Å². The summed E-state index contributed by atoms with van der Waals surface area (Å²) in [6.07, 6.45) is -4.60. The van der Waals surface area contributed by atoms with Crippen LogP contribution < -0.4 is 0 Å². The Balaban J connectivity index is 1.99. The highest BCUT2D eigenvalue weighted by Gasteiger charge is 2.38. The summed E-state index contributed by atoms with van der Waals surface area (Å²) in [5.41, 5.74) is -0.287. The van der Waals surface area contributed by atoms with E-state index < -0.39 is 27.1 Å². The maximum atomic E-state index is 12.9. The van der Waals surface area contributed by atoms with Gasteiger partial charge in [-0.2, -0.15) is 17.5 Å². The van der Waals surface area contributed by atoms with E-state index in [2.05, 4.69) is 0 Å². The Hall–Kier alpha value is -1.22. The standard InChI is InChI=1S/C16H13ClF3NO2S2/c17-13-5-1-3-11(9-13)15-21(7-8-24-15)25(22,23)14-6-2-4-12(10-14)16(18,19)20/h1-6,9-10,15H,7-8H2/t15-/m0/s1. The zero-order valence-electron chi connectivity index (χ0n) is 12.7. The molecule has 0 amide bonds. The smallest absolute Gasteiger partial charge is 0.207 e. The molecule has 1 aliphatic rings. The number of thioether (sulfide) groups is 1. The third-order valence-electron chi connectivity index (χ3n) is 3.75. The van der Waals surface area contributed by atoms with Crippen molar-refractivity contribution in [3.63, 3.8) is 0 Å². The minimum absolute atomic E-state index is 0.223. The molecule has 0 N–H and O–H groups in total. The molecule has 0 radical (unpaired) electrons. The van der Waals surface area contributed by atoms with E-state index >= 15 is 0 Å². The van der Waals surface area contributed by atoms with Gasteiger partial charge >= 0.3 is 6.18 Å². The van der Waals surface area contributed by atoms with Crippen LogP contribution in [0.4, 0.5) is 13.2 Å². The average molecular weight is 408 g/mol. The molecule has 1 fully saturated rings. The normalized spacial score (nSPS) is 19.3. The zero-order chi connectivity index (χ0) is 18.2. The van der Waals surface area contributed by atoms with Crippen molar-refractivity contribution >= 4 is 33.4 Å². The largest absolute Gasteiger partial charge is 0.416 e. The molecule has 3 nitrogen and oxygen atoms in total. The quantitative estimate of drug-likeness (QED) is 0.733. The molecule has 0 aliphatic carbocycles. The lowest BCUT2D eigenvalue weighted by molar-refractivity contribution is -0.137. The second-order valence-electron chi connectivity index (χ2n) is 5.42. The van der Waals surface area contributed by atoms with E-state index in [0.29, 0.717) is 22.4 Å². The molecule has 25 heavy (non-hydrogen) atoms. The van der Waals surface area contributed by atoms with Crippen molar-refractivity contribution in [2.24, 2.45) is 0 Å². The van der Waals surface area contributed by atoms with Crippen molar-refractivity contribution in [3.05, 3.63) is 64.7 Å². The van der Waals surface area contributed by atoms with Crippen molar-refractivity contribution in [2.45, 2.75) is 16.4 Å². The Morgan fingerprint density at radius 2 is 1.84 bits per heavy atom. The zero-order valence-corrected chi connectivity index (χ0v) is 15.1. The molecule has 0 unspecified atom stereocenters. The van der Waals surface area contributed by atoms with Crippen molar-refractivity contribution in [1.29, 1.82) is 0 Å². The van der Waals surface area contributed by atoms with E-state index in [9.17, 15) is 21.6 Å².